The Labute approximate surface area is 134 Å². The number of aryl methyl sites for hydroxylation is 1. The Morgan fingerprint density at radius 1 is 1.17 bits per heavy atom. The summed E-state index contributed by atoms with van der Waals surface area (Å²) < 4.78 is 5.59. The number of H-pyrrole nitrogens is 1. The zero-order chi connectivity index (χ0) is 16.4. The maximum atomic E-state index is 12.4. The van der Waals surface area contributed by atoms with Crippen LogP contribution in [0.5, 0.6) is 5.75 Å². The highest BCUT2D eigenvalue weighted by Gasteiger charge is 2.14. The van der Waals surface area contributed by atoms with Gasteiger partial charge in [-0.1, -0.05) is 11.6 Å². The van der Waals surface area contributed by atoms with Crippen molar-refractivity contribution in [1.82, 2.24) is 10.2 Å². The molecular weight excluding hydrogens is 290 g/mol. The highest BCUT2D eigenvalue weighted by atomic mass is 16.5. The summed E-state index contributed by atoms with van der Waals surface area (Å²) in [7, 11) is 0. The van der Waals surface area contributed by atoms with Gasteiger partial charge in [0.2, 0.25) is 0 Å². The Balaban J connectivity index is 1.79. The molecule has 3 rings (SSSR count). The normalized spacial score (nSPS) is 11.0. The number of benzene rings is 2. The van der Waals surface area contributed by atoms with Gasteiger partial charge >= 0.3 is 0 Å². The van der Waals surface area contributed by atoms with E-state index in [0.29, 0.717) is 11.4 Å². The second kappa shape index (κ2) is 6.12. The number of hydrogen-bond acceptors (Lipinski definition) is 3. The topological polar surface area (TPSA) is 67.0 Å². The number of rotatable bonds is 4. The summed E-state index contributed by atoms with van der Waals surface area (Å²) in [5.41, 5.74) is 3.03. The van der Waals surface area contributed by atoms with Crippen LogP contribution in [0.3, 0.4) is 0 Å². The van der Waals surface area contributed by atoms with Crippen molar-refractivity contribution in [3.05, 3.63) is 53.7 Å². The van der Waals surface area contributed by atoms with E-state index in [4.69, 9.17) is 4.74 Å². The van der Waals surface area contributed by atoms with Crippen LogP contribution in [0.25, 0.3) is 10.9 Å². The van der Waals surface area contributed by atoms with Crippen LogP contribution in [0.4, 0.5) is 5.69 Å². The van der Waals surface area contributed by atoms with Crippen molar-refractivity contribution < 1.29 is 9.53 Å². The van der Waals surface area contributed by atoms with E-state index < -0.39 is 0 Å². The summed E-state index contributed by atoms with van der Waals surface area (Å²) >= 11 is 0. The van der Waals surface area contributed by atoms with E-state index in [1.165, 1.54) is 0 Å². The average Bonchev–Trinajstić information content (AvgIpc) is 2.91. The first-order valence-corrected chi connectivity index (χ1v) is 7.56. The van der Waals surface area contributed by atoms with Gasteiger partial charge in [-0.2, -0.15) is 5.10 Å². The van der Waals surface area contributed by atoms with E-state index in [-0.39, 0.29) is 12.0 Å². The maximum absolute atomic E-state index is 12.4. The number of carbonyl (C=O) groups is 1. The molecular formula is C18H19N3O2. The first-order chi connectivity index (χ1) is 11.0. The fourth-order valence-corrected chi connectivity index (χ4v) is 2.38. The summed E-state index contributed by atoms with van der Waals surface area (Å²) in [5.74, 6) is 0.540. The monoisotopic (exact) mass is 309 g/mol. The lowest BCUT2D eigenvalue weighted by molar-refractivity contribution is 0.102. The summed E-state index contributed by atoms with van der Waals surface area (Å²) in [5, 5.41) is 10.7. The van der Waals surface area contributed by atoms with Gasteiger partial charge in [-0.3, -0.25) is 9.89 Å². The number of nitrogens with zero attached hydrogens (tertiary/aromatic N) is 1. The van der Waals surface area contributed by atoms with Crippen LogP contribution in [0.1, 0.15) is 29.9 Å². The molecule has 1 amide bonds. The lowest BCUT2D eigenvalue weighted by Crippen LogP contribution is -2.13. The third-order valence-corrected chi connectivity index (χ3v) is 3.42. The molecule has 1 aromatic heterocycles. The first kappa shape index (κ1) is 15.1. The second-order valence-corrected chi connectivity index (χ2v) is 5.77. The van der Waals surface area contributed by atoms with Crippen LogP contribution in [0, 0.1) is 6.92 Å². The SMILES string of the molecule is Cc1ccc2[nH]nc(C(=O)Nc3ccc(OC(C)C)cc3)c2c1. The van der Waals surface area contributed by atoms with Crippen LogP contribution in [-0.2, 0) is 0 Å². The van der Waals surface area contributed by atoms with Crippen LogP contribution >= 0.6 is 0 Å². The Hall–Kier alpha value is -2.82. The molecule has 0 aliphatic carbocycles. The molecule has 3 aromatic rings. The minimum absolute atomic E-state index is 0.120. The van der Waals surface area contributed by atoms with Gasteiger partial charge in [-0.05, 0) is 57.2 Å². The number of nitrogens with one attached hydrogen (secondary N) is 2. The fourth-order valence-electron chi connectivity index (χ4n) is 2.38. The third kappa shape index (κ3) is 3.34. The molecule has 0 atom stereocenters. The van der Waals surface area contributed by atoms with Crippen LogP contribution in [0.15, 0.2) is 42.5 Å². The van der Waals surface area contributed by atoms with Gasteiger partial charge in [0.05, 0.1) is 11.6 Å². The number of ether oxygens (including phenoxy) is 1. The molecule has 0 bridgehead atoms. The standard InChI is InChI=1S/C18H19N3O2/c1-11(2)23-14-7-5-13(6-8-14)19-18(22)17-15-10-12(3)4-9-16(15)20-21-17/h4-11H,1-3H3,(H,19,22)(H,20,21). The number of carbonyl (C=O) groups excluding carboxylic acids is 1. The van der Waals surface area contributed by atoms with E-state index >= 15 is 0 Å². The second-order valence-electron chi connectivity index (χ2n) is 5.77. The lowest BCUT2D eigenvalue weighted by atomic mass is 10.1. The molecule has 0 aliphatic heterocycles. The zero-order valence-electron chi connectivity index (χ0n) is 13.4. The van der Waals surface area contributed by atoms with E-state index in [1.807, 2.05) is 63.2 Å². The summed E-state index contributed by atoms with van der Waals surface area (Å²) in [6, 6.07) is 13.2. The molecule has 1 heterocycles. The Morgan fingerprint density at radius 3 is 2.61 bits per heavy atom. The number of fused-ring (bicyclic) bond motifs is 1. The molecule has 5 nitrogen and oxygen atoms in total. The lowest BCUT2D eigenvalue weighted by Gasteiger charge is -2.10. The molecule has 0 unspecified atom stereocenters. The number of aromatic amines is 1. The molecule has 23 heavy (non-hydrogen) atoms. The van der Waals surface area contributed by atoms with Crippen molar-refractivity contribution in [2.75, 3.05) is 5.32 Å². The molecule has 2 N–H and O–H groups in total. The molecule has 0 fully saturated rings. The van der Waals surface area contributed by atoms with Crippen LogP contribution in [-0.4, -0.2) is 22.2 Å². The number of anilines is 1. The van der Waals surface area contributed by atoms with Gasteiger partial charge in [-0.15, -0.1) is 0 Å². The number of hydrogen-bond donors (Lipinski definition) is 2. The largest absolute Gasteiger partial charge is 0.491 e. The number of aromatic nitrogens is 2. The van der Waals surface area contributed by atoms with Crippen molar-refractivity contribution in [3.8, 4) is 5.75 Å². The van der Waals surface area contributed by atoms with Gasteiger partial charge in [0.1, 0.15) is 5.75 Å². The van der Waals surface area contributed by atoms with Gasteiger partial charge in [0.25, 0.3) is 5.91 Å². The molecule has 0 radical (unpaired) electrons. The zero-order valence-corrected chi connectivity index (χ0v) is 13.4. The van der Waals surface area contributed by atoms with E-state index in [2.05, 4.69) is 15.5 Å². The van der Waals surface area contributed by atoms with Crippen molar-refractivity contribution in [2.45, 2.75) is 26.9 Å². The maximum Gasteiger partial charge on any atom is 0.276 e. The summed E-state index contributed by atoms with van der Waals surface area (Å²) in [4.78, 5) is 12.4. The Morgan fingerprint density at radius 2 is 1.91 bits per heavy atom. The molecule has 0 saturated carbocycles. The Bertz CT molecular complexity index is 835. The van der Waals surface area contributed by atoms with Gasteiger partial charge in [0, 0.05) is 11.1 Å². The summed E-state index contributed by atoms with van der Waals surface area (Å²) in [6.45, 7) is 5.93. The molecule has 5 heteroatoms. The molecule has 2 aromatic carbocycles. The van der Waals surface area contributed by atoms with Gasteiger partial charge in [-0.25, -0.2) is 0 Å². The molecule has 0 saturated heterocycles. The van der Waals surface area contributed by atoms with Crippen LogP contribution in [0.2, 0.25) is 0 Å². The van der Waals surface area contributed by atoms with Crippen molar-refractivity contribution >= 4 is 22.5 Å². The van der Waals surface area contributed by atoms with Crippen LogP contribution < -0.4 is 10.1 Å². The smallest absolute Gasteiger partial charge is 0.276 e. The predicted octanol–water partition coefficient (Wildman–Crippen LogP) is 3.91. The predicted molar refractivity (Wildman–Crippen MR) is 91.0 cm³/mol. The highest BCUT2D eigenvalue weighted by molar-refractivity contribution is 6.11. The first-order valence-electron chi connectivity index (χ1n) is 7.56. The van der Waals surface area contributed by atoms with E-state index in [1.54, 1.807) is 0 Å². The quantitative estimate of drug-likeness (QED) is 0.768. The number of amides is 1. The molecule has 118 valence electrons. The fraction of sp³-hybridized carbons (Fsp3) is 0.222. The van der Waals surface area contributed by atoms with Crippen molar-refractivity contribution in [2.24, 2.45) is 0 Å². The van der Waals surface area contributed by atoms with Crippen molar-refractivity contribution in [1.29, 1.82) is 0 Å². The van der Waals surface area contributed by atoms with E-state index in [0.717, 1.165) is 22.2 Å². The van der Waals surface area contributed by atoms with Crippen molar-refractivity contribution in [3.63, 3.8) is 0 Å². The highest BCUT2D eigenvalue weighted by Crippen LogP contribution is 2.20. The molecule has 0 spiro atoms. The molecule has 0 aliphatic rings. The Kier molecular flexibility index (Phi) is 4.02. The minimum Gasteiger partial charge on any atom is -0.491 e. The minimum atomic E-state index is -0.237. The summed E-state index contributed by atoms with van der Waals surface area (Å²) in [6.07, 6.45) is 0.120. The van der Waals surface area contributed by atoms with Gasteiger partial charge < -0.3 is 10.1 Å². The van der Waals surface area contributed by atoms with Gasteiger partial charge in [0.15, 0.2) is 5.69 Å². The third-order valence-electron chi connectivity index (χ3n) is 3.42. The van der Waals surface area contributed by atoms with E-state index in [9.17, 15) is 4.79 Å². The average molecular weight is 309 g/mol.